The van der Waals surface area contributed by atoms with Crippen molar-refractivity contribution >= 4 is 11.8 Å². The summed E-state index contributed by atoms with van der Waals surface area (Å²) in [5.74, 6) is 0.358. The standard InChI is InChI=1S/C15H25NO3/c16-10-14(17)11-6-8-13(9-7-11)19-15(18)12-4-2-1-3-5-12/h11-13H,1-10,16H2. The quantitative estimate of drug-likeness (QED) is 0.793. The Morgan fingerprint density at radius 2 is 1.53 bits per heavy atom. The Hall–Kier alpha value is -0.900. The lowest BCUT2D eigenvalue weighted by Gasteiger charge is -2.29. The van der Waals surface area contributed by atoms with Gasteiger partial charge in [0.15, 0.2) is 0 Å². The van der Waals surface area contributed by atoms with Crippen molar-refractivity contribution < 1.29 is 14.3 Å². The van der Waals surface area contributed by atoms with Crippen molar-refractivity contribution in [1.29, 1.82) is 0 Å². The molecule has 2 rings (SSSR count). The Morgan fingerprint density at radius 1 is 0.895 bits per heavy atom. The predicted molar refractivity (Wildman–Crippen MR) is 72.5 cm³/mol. The molecule has 0 amide bonds. The largest absolute Gasteiger partial charge is 0.462 e. The zero-order valence-corrected chi connectivity index (χ0v) is 11.6. The smallest absolute Gasteiger partial charge is 0.309 e. The molecule has 19 heavy (non-hydrogen) atoms. The van der Waals surface area contributed by atoms with Crippen LogP contribution < -0.4 is 5.73 Å². The van der Waals surface area contributed by atoms with Gasteiger partial charge in [-0.2, -0.15) is 0 Å². The number of rotatable bonds is 4. The Kier molecular flexibility index (Phi) is 5.37. The van der Waals surface area contributed by atoms with Crippen LogP contribution in [0.5, 0.6) is 0 Å². The minimum Gasteiger partial charge on any atom is -0.462 e. The molecule has 0 aliphatic heterocycles. The molecule has 0 bridgehead atoms. The highest BCUT2D eigenvalue weighted by Crippen LogP contribution is 2.29. The van der Waals surface area contributed by atoms with Crippen molar-refractivity contribution in [2.45, 2.75) is 63.9 Å². The van der Waals surface area contributed by atoms with Crippen molar-refractivity contribution in [3.63, 3.8) is 0 Å². The van der Waals surface area contributed by atoms with Gasteiger partial charge in [-0.1, -0.05) is 19.3 Å². The van der Waals surface area contributed by atoms with E-state index in [-0.39, 0.29) is 36.2 Å². The minimum absolute atomic E-state index is 0.00620. The molecule has 0 aromatic rings. The van der Waals surface area contributed by atoms with Crippen molar-refractivity contribution in [2.75, 3.05) is 6.54 Å². The van der Waals surface area contributed by atoms with Gasteiger partial charge in [0, 0.05) is 5.92 Å². The second-order valence-corrected chi connectivity index (χ2v) is 5.92. The molecule has 0 spiro atoms. The van der Waals surface area contributed by atoms with Gasteiger partial charge in [-0.15, -0.1) is 0 Å². The van der Waals surface area contributed by atoms with Crippen LogP contribution in [0.15, 0.2) is 0 Å². The molecular weight excluding hydrogens is 242 g/mol. The summed E-state index contributed by atoms with van der Waals surface area (Å²) in [5, 5.41) is 0. The molecule has 0 saturated heterocycles. The molecule has 108 valence electrons. The number of esters is 1. The molecule has 0 heterocycles. The van der Waals surface area contributed by atoms with Crippen LogP contribution in [-0.4, -0.2) is 24.4 Å². The lowest BCUT2D eigenvalue weighted by Crippen LogP contribution is -2.32. The number of Topliss-reactive ketones (excluding diaryl/α,β-unsaturated/α-hetero) is 1. The van der Waals surface area contributed by atoms with Crippen LogP contribution in [0, 0.1) is 11.8 Å². The van der Waals surface area contributed by atoms with Crippen LogP contribution in [0.2, 0.25) is 0 Å². The maximum absolute atomic E-state index is 12.0. The van der Waals surface area contributed by atoms with E-state index in [1.165, 1.54) is 6.42 Å². The predicted octanol–water partition coefficient (Wildman–Crippen LogP) is 2.20. The fraction of sp³-hybridized carbons (Fsp3) is 0.867. The first-order valence-electron chi connectivity index (χ1n) is 7.64. The van der Waals surface area contributed by atoms with Crippen LogP contribution in [-0.2, 0) is 14.3 Å². The molecule has 0 atom stereocenters. The van der Waals surface area contributed by atoms with Crippen molar-refractivity contribution in [3.05, 3.63) is 0 Å². The summed E-state index contributed by atoms with van der Waals surface area (Å²) >= 11 is 0. The number of nitrogens with two attached hydrogens (primary N) is 1. The first-order valence-corrected chi connectivity index (χ1v) is 7.64. The molecule has 0 aromatic heterocycles. The van der Waals surface area contributed by atoms with Gasteiger partial charge in [0.05, 0.1) is 12.5 Å². The number of ether oxygens (including phenoxy) is 1. The van der Waals surface area contributed by atoms with Gasteiger partial charge in [-0.25, -0.2) is 0 Å². The van der Waals surface area contributed by atoms with Crippen molar-refractivity contribution in [2.24, 2.45) is 17.6 Å². The van der Waals surface area contributed by atoms with Gasteiger partial charge >= 0.3 is 5.97 Å². The van der Waals surface area contributed by atoms with E-state index in [9.17, 15) is 9.59 Å². The number of carbonyl (C=O) groups excluding carboxylic acids is 2. The molecule has 0 unspecified atom stereocenters. The van der Waals surface area contributed by atoms with E-state index in [0.717, 1.165) is 51.4 Å². The van der Waals surface area contributed by atoms with Crippen molar-refractivity contribution in [3.8, 4) is 0 Å². The summed E-state index contributed by atoms with van der Waals surface area (Å²) in [5.41, 5.74) is 5.38. The third-order valence-electron chi connectivity index (χ3n) is 4.55. The monoisotopic (exact) mass is 267 g/mol. The molecular formula is C15H25NO3. The highest BCUT2D eigenvalue weighted by molar-refractivity contribution is 5.82. The van der Waals surface area contributed by atoms with Gasteiger partial charge in [0.25, 0.3) is 0 Å². The average molecular weight is 267 g/mol. The summed E-state index contributed by atoms with van der Waals surface area (Å²) in [6.45, 7) is 0.136. The Labute approximate surface area is 115 Å². The van der Waals surface area contributed by atoms with E-state index >= 15 is 0 Å². The molecule has 2 aliphatic carbocycles. The summed E-state index contributed by atoms with van der Waals surface area (Å²) in [6, 6.07) is 0. The van der Waals surface area contributed by atoms with Gasteiger partial charge in [-0.3, -0.25) is 9.59 Å². The third kappa shape index (κ3) is 4.03. The molecule has 2 saturated carbocycles. The van der Waals surface area contributed by atoms with Crippen LogP contribution in [0.3, 0.4) is 0 Å². The van der Waals surface area contributed by atoms with Gasteiger partial charge in [-0.05, 0) is 38.5 Å². The Morgan fingerprint density at radius 3 is 2.11 bits per heavy atom. The fourth-order valence-electron chi connectivity index (χ4n) is 3.27. The summed E-state index contributed by atoms with van der Waals surface area (Å²) < 4.78 is 5.61. The summed E-state index contributed by atoms with van der Waals surface area (Å²) in [7, 11) is 0. The molecule has 0 aromatic carbocycles. The van der Waals surface area contributed by atoms with E-state index in [1.54, 1.807) is 0 Å². The average Bonchev–Trinajstić information content (AvgIpc) is 2.48. The molecule has 2 fully saturated rings. The van der Waals surface area contributed by atoms with Crippen LogP contribution in [0.4, 0.5) is 0 Å². The SMILES string of the molecule is NCC(=O)C1CCC(OC(=O)C2CCCCC2)CC1. The molecule has 4 nitrogen and oxygen atoms in total. The maximum atomic E-state index is 12.0. The van der Waals surface area contributed by atoms with Crippen LogP contribution in [0.25, 0.3) is 0 Å². The number of hydrogen-bond donors (Lipinski definition) is 1. The fourth-order valence-corrected chi connectivity index (χ4v) is 3.27. The van der Waals surface area contributed by atoms with Gasteiger partial charge in [0.1, 0.15) is 11.9 Å². The zero-order chi connectivity index (χ0) is 13.7. The lowest BCUT2D eigenvalue weighted by atomic mass is 9.84. The van der Waals surface area contributed by atoms with E-state index in [4.69, 9.17) is 10.5 Å². The van der Waals surface area contributed by atoms with E-state index in [1.807, 2.05) is 0 Å². The maximum Gasteiger partial charge on any atom is 0.309 e. The second-order valence-electron chi connectivity index (χ2n) is 5.92. The normalized spacial score (nSPS) is 28.9. The molecule has 2 N–H and O–H groups in total. The van der Waals surface area contributed by atoms with E-state index < -0.39 is 0 Å². The zero-order valence-electron chi connectivity index (χ0n) is 11.6. The van der Waals surface area contributed by atoms with Gasteiger partial charge in [0.2, 0.25) is 0 Å². The minimum atomic E-state index is -0.00620. The van der Waals surface area contributed by atoms with E-state index in [2.05, 4.69) is 0 Å². The van der Waals surface area contributed by atoms with E-state index in [0.29, 0.717) is 0 Å². The number of carbonyl (C=O) groups is 2. The molecule has 0 radical (unpaired) electrons. The first-order chi connectivity index (χ1) is 9.20. The highest BCUT2D eigenvalue weighted by atomic mass is 16.5. The topological polar surface area (TPSA) is 69.4 Å². The number of ketones is 1. The molecule has 2 aliphatic rings. The highest BCUT2D eigenvalue weighted by Gasteiger charge is 2.30. The first kappa shape index (κ1) is 14.5. The number of hydrogen-bond acceptors (Lipinski definition) is 4. The summed E-state index contributed by atoms with van der Waals surface area (Å²) in [6.07, 6.45) is 8.81. The Bertz CT molecular complexity index is 315. The Balaban J connectivity index is 1.72. The lowest BCUT2D eigenvalue weighted by molar-refractivity contribution is -0.157. The summed E-state index contributed by atoms with van der Waals surface area (Å²) in [4.78, 5) is 23.5. The van der Waals surface area contributed by atoms with Crippen LogP contribution >= 0.6 is 0 Å². The van der Waals surface area contributed by atoms with Crippen LogP contribution in [0.1, 0.15) is 57.8 Å². The second kappa shape index (κ2) is 7.04. The van der Waals surface area contributed by atoms with Crippen molar-refractivity contribution in [1.82, 2.24) is 0 Å². The van der Waals surface area contributed by atoms with Gasteiger partial charge < -0.3 is 10.5 Å². The molecule has 4 heteroatoms. The third-order valence-corrected chi connectivity index (χ3v) is 4.55.